The molecule has 0 saturated carbocycles. The fourth-order valence-corrected chi connectivity index (χ4v) is 3.66. The summed E-state index contributed by atoms with van der Waals surface area (Å²) in [4.78, 5) is 16.7. The Hall–Kier alpha value is -2.86. The van der Waals surface area contributed by atoms with Crippen LogP contribution in [0.25, 0.3) is 11.4 Å². The molecule has 7 heteroatoms. The third-order valence-electron chi connectivity index (χ3n) is 4.91. The number of carbonyl (C=O) groups is 1. The molecule has 29 heavy (non-hydrogen) atoms. The zero-order valence-electron chi connectivity index (χ0n) is 15.8. The lowest BCUT2D eigenvalue weighted by Crippen LogP contribution is -2.15. The first-order chi connectivity index (χ1) is 14.1. The Kier molecular flexibility index (Phi) is 5.81. The van der Waals surface area contributed by atoms with Gasteiger partial charge in [0.1, 0.15) is 17.4 Å². The van der Waals surface area contributed by atoms with E-state index in [0.29, 0.717) is 11.4 Å². The SMILES string of the molecule is O=C(CCOc1ccc(F)cc1Cl)Nc1ccc(-c2ncc3n2CCCC3)cc1. The second-order valence-corrected chi connectivity index (χ2v) is 7.39. The number of benzene rings is 2. The van der Waals surface area contributed by atoms with Crippen molar-refractivity contribution in [3.05, 3.63) is 65.2 Å². The predicted octanol–water partition coefficient (Wildman–Crippen LogP) is 5.09. The quantitative estimate of drug-likeness (QED) is 0.612. The fourth-order valence-electron chi connectivity index (χ4n) is 3.44. The van der Waals surface area contributed by atoms with Crippen LogP contribution in [0, 0.1) is 5.82 Å². The Morgan fingerprint density at radius 2 is 2.03 bits per heavy atom. The molecule has 1 amide bonds. The molecule has 0 radical (unpaired) electrons. The Labute approximate surface area is 173 Å². The van der Waals surface area contributed by atoms with Crippen LogP contribution in [0.4, 0.5) is 10.1 Å². The third kappa shape index (κ3) is 4.59. The summed E-state index contributed by atoms with van der Waals surface area (Å²) in [6.07, 6.45) is 5.58. The Morgan fingerprint density at radius 3 is 2.83 bits per heavy atom. The highest BCUT2D eigenvalue weighted by atomic mass is 35.5. The number of aromatic nitrogens is 2. The van der Waals surface area contributed by atoms with E-state index >= 15 is 0 Å². The predicted molar refractivity (Wildman–Crippen MR) is 111 cm³/mol. The third-order valence-corrected chi connectivity index (χ3v) is 5.21. The molecule has 0 atom stereocenters. The van der Waals surface area contributed by atoms with Crippen LogP contribution in [0.1, 0.15) is 25.0 Å². The number of fused-ring (bicyclic) bond motifs is 1. The van der Waals surface area contributed by atoms with E-state index in [1.54, 1.807) is 0 Å². The van der Waals surface area contributed by atoms with Gasteiger partial charge in [-0.2, -0.15) is 0 Å². The topological polar surface area (TPSA) is 56.1 Å². The molecule has 1 aromatic heterocycles. The first-order valence-electron chi connectivity index (χ1n) is 9.63. The normalized spacial score (nSPS) is 13.0. The molecule has 0 aliphatic carbocycles. The van der Waals surface area contributed by atoms with Gasteiger partial charge in [0, 0.05) is 29.7 Å². The fraction of sp³-hybridized carbons (Fsp3) is 0.273. The second kappa shape index (κ2) is 8.66. The van der Waals surface area contributed by atoms with Crippen molar-refractivity contribution in [2.24, 2.45) is 0 Å². The standard InChI is InChI=1S/C22H21ClFN3O2/c23-19-13-16(24)6-9-20(19)29-12-10-21(28)26-17-7-4-15(5-8-17)22-25-14-18-3-1-2-11-27(18)22/h4-9,13-14H,1-3,10-12H2,(H,26,28). The van der Waals surface area contributed by atoms with Crippen molar-refractivity contribution in [2.45, 2.75) is 32.2 Å². The molecule has 4 rings (SSSR count). The number of halogens is 2. The van der Waals surface area contributed by atoms with E-state index in [-0.39, 0.29) is 24.0 Å². The van der Waals surface area contributed by atoms with E-state index in [0.717, 1.165) is 24.4 Å². The lowest BCUT2D eigenvalue weighted by Gasteiger charge is -2.16. The number of nitrogens with zero attached hydrogens (tertiary/aromatic N) is 2. The number of nitrogens with one attached hydrogen (secondary N) is 1. The van der Waals surface area contributed by atoms with Crippen molar-refractivity contribution < 1.29 is 13.9 Å². The highest BCUT2D eigenvalue weighted by Gasteiger charge is 2.15. The van der Waals surface area contributed by atoms with E-state index < -0.39 is 5.82 Å². The molecule has 5 nitrogen and oxygen atoms in total. The lowest BCUT2D eigenvalue weighted by atomic mass is 10.1. The minimum Gasteiger partial charge on any atom is -0.491 e. The average Bonchev–Trinajstić information content (AvgIpc) is 3.14. The molecule has 0 fully saturated rings. The molecular formula is C22H21ClFN3O2. The molecular weight excluding hydrogens is 393 g/mol. The van der Waals surface area contributed by atoms with Gasteiger partial charge < -0.3 is 14.6 Å². The van der Waals surface area contributed by atoms with Crippen molar-refractivity contribution >= 4 is 23.2 Å². The molecule has 1 N–H and O–H groups in total. The highest BCUT2D eigenvalue weighted by molar-refractivity contribution is 6.32. The number of aryl methyl sites for hydroxylation is 1. The smallest absolute Gasteiger partial charge is 0.227 e. The van der Waals surface area contributed by atoms with Crippen molar-refractivity contribution in [1.29, 1.82) is 0 Å². The van der Waals surface area contributed by atoms with E-state index in [4.69, 9.17) is 16.3 Å². The molecule has 1 aliphatic rings. The van der Waals surface area contributed by atoms with Crippen LogP contribution in [0.2, 0.25) is 5.02 Å². The molecule has 0 bridgehead atoms. The molecule has 2 aromatic carbocycles. The molecule has 2 heterocycles. The van der Waals surface area contributed by atoms with Gasteiger partial charge in [-0.25, -0.2) is 9.37 Å². The summed E-state index contributed by atoms with van der Waals surface area (Å²) in [5.74, 6) is 0.726. The number of carbonyl (C=O) groups excluding carboxylic acids is 1. The zero-order valence-corrected chi connectivity index (χ0v) is 16.6. The summed E-state index contributed by atoms with van der Waals surface area (Å²) in [6, 6.07) is 11.6. The van der Waals surface area contributed by atoms with Gasteiger partial charge in [-0.05, 0) is 61.7 Å². The number of imidazole rings is 1. The van der Waals surface area contributed by atoms with Crippen molar-refractivity contribution in [1.82, 2.24) is 9.55 Å². The summed E-state index contributed by atoms with van der Waals surface area (Å²) in [6.45, 7) is 1.15. The van der Waals surface area contributed by atoms with Crippen molar-refractivity contribution in [3.63, 3.8) is 0 Å². The van der Waals surface area contributed by atoms with E-state index in [2.05, 4.69) is 14.9 Å². The molecule has 1 aliphatic heterocycles. The molecule has 0 unspecified atom stereocenters. The second-order valence-electron chi connectivity index (χ2n) is 6.98. The van der Waals surface area contributed by atoms with Crippen LogP contribution in [-0.2, 0) is 17.8 Å². The summed E-state index contributed by atoms with van der Waals surface area (Å²) >= 11 is 5.90. The van der Waals surface area contributed by atoms with Gasteiger partial charge in [-0.3, -0.25) is 4.79 Å². The Balaban J connectivity index is 1.31. The summed E-state index contributed by atoms with van der Waals surface area (Å²) in [5, 5.41) is 3.03. The van der Waals surface area contributed by atoms with Gasteiger partial charge >= 0.3 is 0 Å². The van der Waals surface area contributed by atoms with Crippen LogP contribution in [0.15, 0.2) is 48.7 Å². The first kappa shape index (κ1) is 19.5. The summed E-state index contributed by atoms with van der Waals surface area (Å²) in [7, 11) is 0. The largest absolute Gasteiger partial charge is 0.491 e. The maximum Gasteiger partial charge on any atom is 0.227 e. The number of amides is 1. The van der Waals surface area contributed by atoms with Crippen LogP contribution in [0.3, 0.4) is 0 Å². The van der Waals surface area contributed by atoms with Crippen molar-refractivity contribution in [2.75, 3.05) is 11.9 Å². The van der Waals surface area contributed by atoms with Gasteiger partial charge in [-0.1, -0.05) is 11.6 Å². The molecule has 150 valence electrons. The number of hydrogen-bond donors (Lipinski definition) is 1. The van der Waals surface area contributed by atoms with Crippen LogP contribution in [0.5, 0.6) is 5.75 Å². The summed E-state index contributed by atoms with van der Waals surface area (Å²) in [5.41, 5.74) is 3.03. The highest BCUT2D eigenvalue weighted by Crippen LogP contribution is 2.26. The maximum atomic E-state index is 13.0. The molecule has 0 spiro atoms. The van der Waals surface area contributed by atoms with Crippen LogP contribution < -0.4 is 10.1 Å². The lowest BCUT2D eigenvalue weighted by molar-refractivity contribution is -0.116. The van der Waals surface area contributed by atoms with Crippen LogP contribution in [-0.4, -0.2) is 22.1 Å². The Bertz CT molecular complexity index is 1020. The number of anilines is 1. The summed E-state index contributed by atoms with van der Waals surface area (Å²) < 4.78 is 20.8. The Morgan fingerprint density at radius 1 is 1.21 bits per heavy atom. The van der Waals surface area contributed by atoms with E-state index in [1.165, 1.54) is 36.7 Å². The van der Waals surface area contributed by atoms with E-state index in [1.807, 2.05) is 30.5 Å². The van der Waals surface area contributed by atoms with Gasteiger partial charge in [0.15, 0.2) is 0 Å². The van der Waals surface area contributed by atoms with Crippen LogP contribution >= 0.6 is 11.6 Å². The van der Waals surface area contributed by atoms with Crippen molar-refractivity contribution in [3.8, 4) is 17.1 Å². The minimum absolute atomic E-state index is 0.148. The zero-order chi connectivity index (χ0) is 20.2. The molecule has 3 aromatic rings. The van der Waals surface area contributed by atoms with E-state index in [9.17, 15) is 9.18 Å². The number of rotatable bonds is 6. The minimum atomic E-state index is -0.431. The van der Waals surface area contributed by atoms with Gasteiger partial charge in [0.2, 0.25) is 5.91 Å². The number of hydrogen-bond acceptors (Lipinski definition) is 3. The maximum absolute atomic E-state index is 13.0. The van der Waals surface area contributed by atoms with Gasteiger partial charge in [0.05, 0.1) is 18.1 Å². The number of ether oxygens (including phenoxy) is 1. The molecule has 0 saturated heterocycles. The first-order valence-corrected chi connectivity index (χ1v) is 10.0. The monoisotopic (exact) mass is 413 g/mol. The van der Waals surface area contributed by atoms with Gasteiger partial charge in [-0.15, -0.1) is 0 Å². The average molecular weight is 414 g/mol. The van der Waals surface area contributed by atoms with Gasteiger partial charge in [0.25, 0.3) is 0 Å².